The highest BCUT2D eigenvalue weighted by Crippen LogP contribution is 2.34. The third-order valence-electron chi connectivity index (χ3n) is 7.44. The van der Waals surface area contributed by atoms with Crippen LogP contribution in [0.4, 0.5) is 5.69 Å². The first-order valence-electron chi connectivity index (χ1n) is 16.8. The Labute approximate surface area is 274 Å². The second kappa shape index (κ2) is 22.2. The number of allylic oxidation sites excluding steroid dienone is 4. The highest BCUT2D eigenvalue weighted by atomic mass is 16.6. The minimum Gasteiger partial charge on any atom is -0.504 e. The van der Waals surface area contributed by atoms with Gasteiger partial charge in [-0.2, -0.15) is 0 Å². The largest absolute Gasteiger partial charge is 0.504 e. The molecular formula is C39H51NO6. The van der Waals surface area contributed by atoms with Gasteiger partial charge >= 0.3 is 5.97 Å². The van der Waals surface area contributed by atoms with Gasteiger partial charge in [0.1, 0.15) is 24.5 Å². The lowest BCUT2D eigenvalue weighted by Crippen LogP contribution is -2.13. The Morgan fingerprint density at radius 3 is 2.17 bits per heavy atom. The van der Waals surface area contributed by atoms with Gasteiger partial charge in [0, 0.05) is 18.3 Å². The van der Waals surface area contributed by atoms with Crippen molar-refractivity contribution in [2.45, 2.75) is 84.0 Å². The summed E-state index contributed by atoms with van der Waals surface area (Å²) < 4.78 is 17.3. The summed E-state index contributed by atoms with van der Waals surface area (Å²) in [6.45, 7) is 3.59. The number of hydrogen-bond acceptors (Lipinski definition) is 7. The monoisotopic (exact) mass is 629 g/mol. The van der Waals surface area contributed by atoms with Gasteiger partial charge in [-0.05, 0) is 74.9 Å². The van der Waals surface area contributed by atoms with Crippen LogP contribution >= 0.6 is 0 Å². The summed E-state index contributed by atoms with van der Waals surface area (Å²) in [6, 6.07) is 18.9. The van der Waals surface area contributed by atoms with Crippen LogP contribution in [0.5, 0.6) is 28.7 Å². The molecule has 0 radical (unpaired) electrons. The number of phenols is 2. The highest BCUT2D eigenvalue weighted by Gasteiger charge is 2.18. The molecule has 0 aliphatic heterocycles. The number of carbonyl (C=O) groups excluding carboxylic acids is 1. The summed E-state index contributed by atoms with van der Waals surface area (Å²) >= 11 is 0. The number of rotatable bonds is 23. The molecule has 0 bridgehead atoms. The van der Waals surface area contributed by atoms with Crippen LogP contribution in [0.1, 0.15) is 94.3 Å². The number of hydrogen-bond donors (Lipinski definition) is 3. The van der Waals surface area contributed by atoms with Gasteiger partial charge in [-0.3, -0.25) is 0 Å². The zero-order chi connectivity index (χ0) is 32.7. The summed E-state index contributed by atoms with van der Waals surface area (Å²) in [5.41, 5.74) is 0.708. The van der Waals surface area contributed by atoms with E-state index < -0.39 is 17.5 Å². The first-order chi connectivity index (χ1) is 22.6. The average molecular weight is 630 g/mol. The summed E-state index contributed by atoms with van der Waals surface area (Å²) in [6.07, 6.45) is 23.7. The van der Waals surface area contributed by atoms with E-state index in [-0.39, 0.29) is 17.9 Å². The Kier molecular flexibility index (Phi) is 17.4. The SMILES string of the molecule is CCCCC/C=C\C/C=C\CCCCCCCCNc1ccc(OC(=O)c2cccc(O)c2O)c(OCCOc2ccccc2)c1. The molecule has 7 nitrogen and oxygen atoms in total. The molecule has 0 spiro atoms. The fourth-order valence-corrected chi connectivity index (χ4v) is 4.84. The van der Waals surface area contributed by atoms with Crippen LogP contribution in [0.15, 0.2) is 91.0 Å². The number of nitrogens with one attached hydrogen (secondary N) is 1. The van der Waals surface area contributed by atoms with E-state index in [2.05, 4.69) is 36.5 Å². The molecule has 248 valence electrons. The van der Waals surface area contributed by atoms with Crippen LogP contribution in [0.3, 0.4) is 0 Å². The van der Waals surface area contributed by atoms with Gasteiger partial charge in [-0.1, -0.05) is 94.0 Å². The molecule has 0 aromatic heterocycles. The van der Waals surface area contributed by atoms with Crippen molar-refractivity contribution < 1.29 is 29.2 Å². The third kappa shape index (κ3) is 14.1. The molecule has 0 fully saturated rings. The Bertz CT molecular complexity index is 1340. The lowest BCUT2D eigenvalue weighted by molar-refractivity contribution is 0.0723. The number of phenolic OH excluding ortho intramolecular Hbond substituents is 2. The summed E-state index contributed by atoms with van der Waals surface area (Å²) in [5, 5.41) is 23.3. The standard InChI is InChI=1S/C39H51NO6/c1-2-3-4-5-6-7-8-9-10-11-12-13-14-15-16-20-28-40-32-26-27-36(46-39(43)34-24-21-25-35(41)38(34)42)37(31-32)45-30-29-44-33-22-18-17-19-23-33/h6-7,9-10,17-19,21-27,31,40-42H,2-5,8,11-16,20,28-30H2,1H3/b7-6-,10-9-. The molecule has 46 heavy (non-hydrogen) atoms. The fourth-order valence-electron chi connectivity index (χ4n) is 4.84. The third-order valence-corrected chi connectivity index (χ3v) is 7.44. The van der Waals surface area contributed by atoms with E-state index in [0.717, 1.165) is 43.7 Å². The summed E-state index contributed by atoms with van der Waals surface area (Å²) in [4.78, 5) is 12.8. The van der Waals surface area contributed by atoms with E-state index in [1.807, 2.05) is 36.4 Å². The Hall–Kier alpha value is -4.39. The minimum absolute atomic E-state index is 0.141. The van der Waals surface area contributed by atoms with Crippen LogP contribution < -0.4 is 19.5 Å². The number of aromatic hydroxyl groups is 2. The molecule has 0 saturated carbocycles. The predicted octanol–water partition coefficient (Wildman–Crippen LogP) is 10.0. The minimum atomic E-state index is -0.805. The Balaban J connectivity index is 1.39. The van der Waals surface area contributed by atoms with Crippen molar-refractivity contribution in [1.29, 1.82) is 0 Å². The lowest BCUT2D eigenvalue weighted by Gasteiger charge is -2.15. The van der Waals surface area contributed by atoms with Gasteiger partial charge in [-0.25, -0.2) is 4.79 Å². The van der Waals surface area contributed by atoms with Crippen molar-refractivity contribution in [3.8, 4) is 28.7 Å². The maximum atomic E-state index is 12.8. The molecular weight excluding hydrogens is 578 g/mol. The molecule has 0 heterocycles. The number of esters is 1. The summed E-state index contributed by atoms with van der Waals surface area (Å²) in [7, 11) is 0. The van der Waals surface area contributed by atoms with Crippen LogP contribution in [0.25, 0.3) is 0 Å². The number of unbranched alkanes of at least 4 members (excludes halogenated alkanes) is 9. The molecule has 0 amide bonds. The van der Waals surface area contributed by atoms with Crippen molar-refractivity contribution in [3.63, 3.8) is 0 Å². The molecule has 3 aromatic rings. The van der Waals surface area contributed by atoms with Crippen molar-refractivity contribution in [2.24, 2.45) is 0 Å². The smallest absolute Gasteiger partial charge is 0.347 e. The number of carbonyl (C=O) groups is 1. The van der Waals surface area contributed by atoms with Crippen LogP contribution in [0, 0.1) is 0 Å². The zero-order valence-electron chi connectivity index (χ0n) is 27.3. The van der Waals surface area contributed by atoms with Crippen molar-refractivity contribution in [2.75, 3.05) is 25.1 Å². The maximum Gasteiger partial charge on any atom is 0.347 e. The molecule has 3 rings (SSSR count). The van der Waals surface area contributed by atoms with Gasteiger partial charge in [-0.15, -0.1) is 0 Å². The molecule has 0 unspecified atom stereocenters. The number of para-hydroxylation sites is 2. The topological polar surface area (TPSA) is 97.3 Å². The van der Waals surface area contributed by atoms with Gasteiger partial charge < -0.3 is 29.7 Å². The zero-order valence-corrected chi connectivity index (χ0v) is 27.3. The van der Waals surface area contributed by atoms with E-state index in [9.17, 15) is 15.0 Å². The first-order valence-corrected chi connectivity index (χ1v) is 16.8. The normalized spacial score (nSPS) is 11.2. The second-order valence-electron chi connectivity index (χ2n) is 11.2. The molecule has 3 N–H and O–H groups in total. The first kappa shape index (κ1) is 36.1. The van der Waals surface area contributed by atoms with Crippen LogP contribution in [-0.4, -0.2) is 35.9 Å². The van der Waals surface area contributed by atoms with Gasteiger partial charge in [0.15, 0.2) is 23.0 Å². The number of benzene rings is 3. The van der Waals surface area contributed by atoms with E-state index in [1.165, 1.54) is 69.6 Å². The van der Waals surface area contributed by atoms with E-state index in [0.29, 0.717) is 12.4 Å². The average Bonchev–Trinajstić information content (AvgIpc) is 3.07. The van der Waals surface area contributed by atoms with Gasteiger partial charge in [0.05, 0.1) is 0 Å². The molecule has 0 aliphatic rings. The van der Waals surface area contributed by atoms with Crippen LogP contribution in [0.2, 0.25) is 0 Å². The van der Waals surface area contributed by atoms with Crippen LogP contribution in [-0.2, 0) is 0 Å². The molecule has 0 aliphatic carbocycles. The van der Waals surface area contributed by atoms with E-state index >= 15 is 0 Å². The number of ether oxygens (including phenoxy) is 3. The van der Waals surface area contributed by atoms with Gasteiger partial charge in [0.25, 0.3) is 0 Å². The van der Waals surface area contributed by atoms with Crippen molar-refractivity contribution in [3.05, 3.63) is 96.6 Å². The molecule has 0 saturated heterocycles. The quantitative estimate of drug-likeness (QED) is 0.0316. The maximum absolute atomic E-state index is 12.8. The molecule has 7 heteroatoms. The number of anilines is 1. The van der Waals surface area contributed by atoms with E-state index in [1.54, 1.807) is 12.1 Å². The second-order valence-corrected chi connectivity index (χ2v) is 11.2. The Morgan fingerprint density at radius 1 is 0.717 bits per heavy atom. The van der Waals surface area contributed by atoms with Crippen molar-refractivity contribution in [1.82, 2.24) is 0 Å². The summed E-state index contributed by atoms with van der Waals surface area (Å²) in [5.74, 6) is -0.425. The molecule has 0 atom stereocenters. The lowest BCUT2D eigenvalue weighted by atomic mass is 10.1. The molecule has 3 aromatic carbocycles. The van der Waals surface area contributed by atoms with Gasteiger partial charge in [0.2, 0.25) is 0 Å². The fraction of sp³-hybridized carbons (Fsp3) is 0.410. The van der Waals surface area contributed by atoms with E-state index in [4.69, 9.17) is 14.2 Å². The Morgan fingerprint density at radius 2 is 1.41 bits per heavy atom. The van der Waals surface area contributed by atoms with Crippen molar-refractivity contribution >= 4 is 11.7 Å². The predicted molar refractivity (Wildman–Crippen MR) is 186 cm³/mol. The highest BCUT2D eigenvalue weighted by molar-refractivity contribution is 5.95.